The summed E-state index contributed by atoms with van der Waals surface area (Å²) in [6.45, 7) is 3.23. The first-order chi connectivity index (χ1) is 30.4. The Morgan fingerprint density at radius 3 is 2.70 bits per heavy atom. The third kappa shape index (κ3) is 7.95. The predicted molar refractivity (Wildman–Crippen MR) is 239 cm³/mol. The number of esters is 1. The van der Waals surface area contributed by atoms with Crippen molar-refractivity contribution >= 4 is 50.7 Å². The van der Waals surface area contributed by atoms with Crippen molar-refractivity contribution in [2.75, 3.05) is 52.3 Å². The molecule has 17 heteroatoms. The van der Waals surface area contributed by atoms with Crippen LogP contribution in [0.3, 0.4) is 0 Å². The van der Waals surface area contributed by atoms with Crippen LogP contribution in [0.5, 0.6) is 5.75 Å². The summed E-state index contributed by atoms with van der Waals surface area (Å²) >= 11 is 0. The largest absolute Gasteiger partial charge is 0.481 e. The van der Waals surface area contributed by atoms with Crippen molar-refractivity contribution in [1.29, 1.82) is 0 Å². The van der Waals surface area contributed by atoms with E-state index < -0.39 is 41.2 Å². The maximum absolute atomic E-state index is 14.6. The predicted octanol–water partition coefficient (Wildman–Crippen LogP) is 2.28. The zero-order valence-corrected chi connectivity index (χ0v) is 37.5. The number of aldehydes is 1. The van der Waals surface area contributed by atoms with E-state index in [1.807, 2.05) is 30.2 Å². The smallest absolute Gasteiger partial charge is 0.339 e. The maximum atomic E-state index is 14.6. The van der Waals surface area contributed by atoms with Crippen molar-refractivity contribution in [2.24, 2.45) is 35.3 Å². The summed E-state index contributed by atoms with van der Waals surface area (Å²) < 4.78 is 19.9. The Labute approximate surface area is 374 Å². The summed E-state index contributed by atoms with van der Waals surface area (Å²) in [5.74, 6) is -1.37. The summed E-state index contributed by atoms with van der Waals surface area (Å²) in [4.78, 5) is 56.6. The monoisotopic (exact) mass is 906 g/mol. The average Bonchev–Trinajstić information content (AvgIpc) is 3.62. The Morgan fingerprint density at radius 2 is 2.00 bits per heavy atom. The zero-order valence-electron chi connectivity index (χ0n) is 35.8. The second kappa shape index (κ2) is 18.4. The highest BCUT2D eigenvalue weighted by Gasteiger charge is 2.67. The highest BCUT2D eigenvalue weighted by molar-refractivity contribution is 8.77. The number of fused-ring (bicyclic) bond motifs is 5. The van der Waals surface area contributed by atoms with Crippen LogP contribution in [0.1, 0.15) is 50.7 Å². The number of nitrogens with one attached hydrogen (secondary N) is 2. The number of carbonyl (C=O) groups is 3. The topological polar surface area (TPSA) is 234 Å². The number of benzene rings is 1. The Balaban J connectivity index is 1.30. The minimum absolute atomic E-state index is 0.0112. The van der Waals surface area contributed by atoms with E-state index in [2.05, 4.69) is 10.6 Å². The molecule has 2 fully saturated rings. The number of aliphatic hydroxyl groups is 4. The molecule has 1 spiro atoms. The third-order valence-electron chi connectivity index (χ3n) is 14.5. The molecule has 6 aliphatic rings. The van der Waals surface area contributed by atoms with E-state index in [4.69, 9.17) is 19.6 Å². The molecule has 8 N–H and O–H groups in total. The Hall–Kier alpha value is -4.10. The van der Waals surface area contributed by atoms with Crippen LogP contribution in [0.15, 0.2) is 73.8 Å². The van der Waals surface area contributed by atoms with E-state index >= 15 is 0 Å². The molecule has 1 aromatic carbocycles. The molecule has 0 radical (unpaired) electrons. The lowest BCUT2D eigenvalue weighted by Crippen LogP contribution is -2.71. The van der Waals surface area contributed by atoms with Gasteiger partial charge in [0.25, 0.3) is 0 Å². The van der Waals surface area contributed by atoms with Crippen LogP contribution >= 0.6 is 21.6 Å². The number of aliphatic hydroxyl groups excluding tert-OH is 4. The molecule has 1 saturated carbocycles. The van der Waals surface area contributed by atoms with Gasteiger partial charge in [-0.2, -0.15) is 0 Å². The zero-order chi connectivity index (χ0) is 44.8. The lowest BCUT2D eigenvalue weighted by molar-refractivity contribution is -0.202. The molecule has 1 saturated heterocycles. The highest BCUT2D eigenvalue weighted by atomic mass is 33.1. The fraction of sp³-hybridized carbons (Fsp3) is 0.565. The fourth-order valence-electron chi connectivity index (χ4n) is 11.2. The van der Waals surface area contributed by atoms with Crippen LogP contribution in [0, 0.1) is 29.6 Å². The Kier molecular flexibility index (Phi) is 13.3. The van der Waals surface area contributed by atoms with Crippen molar-refractivity contribution in [3.63, 3.8) is 0 Å². The van der Waals surface area contributed by atoms with Crippen LogP contribution < -0.4 is 26.7 Å². The van der Waals surface area contributed by atoms with Gasteiger partial charge in [-0.1, -0.05) is 39.3 Å². The van der Waals surface area contributed by atoms with Gasteiger partial charge < -0.3 is 60.4 Å². The van der Waals surface area contributed by atoms with Gasteiger partial charge in [0.05, 0.1) is 30.8 Å². The molecule has 63 heavy (non-hydrogen) atoms. The Bertz CT molecular complexity index is 2330. The standard InChI is InChI=1S/C46H58N4O11S2/c1-4-25(6-8-52)44(58)61-45(2)32(22-55)12-31-23-62-63-37-13-30(21-54)41(48-3)34-19-50(42(34)37)39(56)14-29-18-49-38(47)15-33(29)40(31)46(45)17-28-11-26-10-27(9-24(20-53)5-7-51)43(57)59-35(26)16-36(28)60-46/h4,10-12,15-16,21,24,30,32,34,37,40-42,48-49,51-53,55H,5-9,13-14,17-20,22-23,47H2,1-3H3. The Morgan fingerprint density at radius 1 is 1.19 bits per heavy atom. The summed E-state index contributed by atoms with van der Waals surface area (Å²) in [5.41, 5.74) is 6.98. The van der Waals surface area contributed by atoms with E-state index in [1.165, 1.54) is 0 Å². The first-order valence-electron chi connectivity index (χ1n) is 21.8. The van der Waals surface area contributed by atoms with E-state index in [0.717, 1.165) is 28.6 Å². The second-order valence-corrected chi connectivity index (χ2v) is 20.5. The number of dihydropyridines is 1. The first-order valence-corrected chi connectivity index (χ1v) is 24.2. The van der Waals surface area contributed by atoms with E-state index in [-0.39, 0.29) is 104 Å². The van der Waals surface area contributed by atoms with Crippen molar-refractivity contribution in [3.05, 3.63) is 86.1 Å². The summed E-state index contributed by atoms with van der Waals surface area (Å²) in [6.07, 6.45) is 7.87. The minimum Gasteiger partial charge on any atom is -0.481 e. The van der Waals surface area contributed by atoms with E-state index in [0.29, 0.717) is 47.7 Å². The lowest BCUT2D eigenvalue weighted by atomic mass is 9.57. The SMILES string of the molecule is CC=C(CCO)C(=O)OC1(C)C(CO)C=C2CSSC3CC(C=O)C(NC)C4CN(C(=O)CC5=C(C=C(N)NC5)C2C12Cc1cc5cc(CC(CO)CCO)c(=O)oc5cc1O2)C34. The summed E-state index contributed by atoms with van der Waals surface area (Å²) in [6, 6.07) is 5.21. The molecule has 2 aromatic rings. The number of nitrogens with zero attached hydrogens (tertiary/aromatic N) is 1. The van der Waals surface area contributed by atoms with Crippen LogP contribution in [0.2, 0.25) is 0 Å². The second-order valence-electron chi connectivity index (χ2n) is 17.9. The molecule has 10 unspecified atom stereocenters. The molecular weight excluding hydrogens is 849 g/mol. The van der Waals surface area contributed by atoms with Gasteiger partial charge in [0.2, 0.25) is 5.91 Å². The number of nitrogens with two attached hydrogens (primary N) is 1. The van der Waals surface area contributed by atoms with Gasteiger partial charge in [0.15, 0.2) is 11.2 Å². The van der Waals surface area contributed by atoms with Crippen LogP contribution in [0.4, 0.5) is 0 Å². The molecule has 15 nitrogen and oxygen atoms in total. The number of allylic oxidation sites excluding steroid dienone is 2. The molecule has 10 atom stereocenters. The summed E-state index contributed by atoms with van der Waals surface area (Å²) in [5, 5.41) is 48.0. The number of amides is 1. The van der Waals surface area contributed by atoms with Gasteiger partial charge in [-0.15, -0.1) is 0 Å². The average molecular weight is 907 g/mol. The number of hydrogen-bond donors (Lipinski definition) is 7. The molecule has 1 aromatic heterocycles. The molecule has 8 rings (SSSR count). The van der Waals surface area contributed by atoms with E-state index in [1.54, 1.807) is 53.6 Å². The number of hydrogen-bond acceptors (Lipinski definition) is 16. The maximum Gasteiger partial charge on any atom is 0.339 e. The van der Waals surface area contributed by atoms with Crippen molar-refractivity contribution in [2.45, 2.75) is 80.9 Å². The van der Waals surface area contributed by atoms with Gasteiger partial charge in [-0.05, 0) is 81.0 Å². The molecule has 340 valence electrons. The highest BCUT2D eigenvalue weighted by Crippen LogP contribution is 2.59. The molecule has 5 heterocycles. The molecule has 0 bridgehead atoms. The van der Waals surface area contributed by atoms with Crippen molar-refractivity contribution in [3.8, 4) is 5.75 Å². The molecule has 4 aliphatic heterocycles. The number of ether oxygens (including phenoxy) is 2. The number of carbonyl (C=O) groups excluding carboxylic acids is 3. The van der Waals surface area contributed by atoms with Crippen LogP contribution in [-0.2, 0) is 32.0 Å². The summed E-state index contributed by atoms with van der Waals surface area (Å²) in [7, 11) is 5.17. The van der Waals surface area contributed by atoms with Gasteiger partial charge in [-0.25, -0.2) is 9.59 Å². The van der Waals surface area contributed by atoms with E-state index in [9.17, 15) is 39.6 Å². The molecular formula is C46H58N4O11S2. The van der Waals surface area contributed by atoms with Gasteiger partial charge >= 0.3 is 11.6 Å². The normalized spacial score (nSPS) is 32.0. The fourth-order valence-corrected chi connectivity index (χ4v) is 14.3. The first kappa shape index (κ1) is 45.5. The van der Waals surface area contributed by atoms with Crippen LogP contribution in [-0.4, -0.2) is 124 Å². The minimum atomic E-state index is -1.59. The molecule has 2 aliphatic carbocycles. The van der Waals surface area contributed by atoms with Crippen LogP contribution in [0.25, 0.3) is 11.0 Å². The third-order valence-corrected chi connectivity index (χ3v) is 17.3. The number of rotatable bonds is 12. The van der Waals surface area contributed by atoms with Crippen molar-refractivity contribution < 1.29 is 48.7 Å². The van der Waals surface area contributed by atoms with Gasteiger partial charge in [0, 0.05) is 103 Å². The quantitative estimate of drug-likeness (QED) is 0.0404. The lowest BCUT2D eigenvalue weighted by Gasteiger charge is -2.59. The van der Waals surface area contributed by atoms with Gasteiger partial charge in [0.1, 0.15) is 17.6 Å². The molecule has 1 amide bonds. The van der Waals surface area contributed by atoms with Gasteiger partial charge in [-0.3, -0.25) is 4.79 Å². The van der Waals surface area contributed by atoms with Crippen molar-refractivity contribution in [1.82, 2.24) is 15.5 Å².